The van der Waals surface area contributed by atoms with Gasteiger partial charge in [0.2, 0.25) is 11.9 Å². The molecule has 2 aromatic heterocycles. The molecule has 0 bridgehead atoms. The van der Waals surface area contributed by atoms with Crippen LogP contribution in [0.15, 0.2) is 18.6 Å². The molecule has 2 fully saturated rings. The van der Waals surface area contributed by atoms with E-state index >= 15 is 0 Å². The van der Waals surface area contributed by atoms with Crippen LogP contribution in [-0.4, -0.2) is 49.7 Å². The topological polar surface area (TPSA) is 75.9 Å². The van der Waals surface area contributed by atoms with E-state index in [1.807, 2.05) is 37.5 Å². The molecule has 1 atom stereocenters. The monoisotopic (exact) mass is 326 g/mol. The normalized spacial score (nSPS) is 20.7. The molecule has 1 amide bonds. The van der Waals surface area contributed by atoms with Crippen molar-refractivity contribution in [1.82, 2.24) is 24.6 Å². The van der Waals surface area contributed by atoms with Crippen molar-refractivity contribution in [3.05, 3.63) is 24.2 Å². The highest BCUT2D eigenvalue weighted by atomic mass is 16.2. The van der Waals surface area contributed by atoms with Crippen LogP contribution in [0.25, 0.3) is 11.3 Å². The molecule has 1 aliphatic carbocycles. The van der Waals surface area contributed by atoms with E-state index in [2.05, 4.69) is 20.4 Å². The van der Waals surface area contributed by atoms with Gasteiger partial charge in [0.15, 0.2) is 0 Å². The minimum atomic E-state index is 0.296. The van der Waals surface area contributed by atoms with Crippen LogP contribution >= 0.6 is 0 Å². The number of carbonyl (C=O) groups excluding carboxylic acids is 1. The van der Waals surface area contributed by atoms with E-state index in [0.717, 1.165) is 29.9 Å². The van der Waals surface area contributed by atoms with E-state index in [-0.39, 0.29) is 0 Å². The van der Waals surface area contributed by atoms with E-state index in [1.165, 1.54) is 12.8 Å². The Balaban J connectivity index is 1.43. The van der Waals surface area contributed by atoms with Gasteiger partial charge in [0, 0.05) is 56.5 Å². The average molecular weight is 326 g/mol. The maximum Gasteiger partial charge on any atom is 0.223 e. The lowest BCUT2D eigenvalue weighted by atomic mass is 10.1. The molecule has 3 heterocycles. The summed E-state index contributed by atoms with van der Waals surface area (Å²) in [5, 5.41) is 7.51. The molecule has 2 aliphatic rings. The molecule has 0 spiro atoms. The van der Waals surface area contributed by atoms with Crippen LogP contribution in [0.1, 0.15) is 24.8 Å². The number of aromatic nitrogens is 4. The van der Waals surface area contributed by atoms with Crippen LogP contribution in [0.2, 0.25) is 0 Å². The Kier molecular flexibility index (Phi) is 3.70. The number of rotatable bonds is 5. The fourth-order valence-electron chi connectivity index (χ4n) is 3.28. The van der Waals surface area contributed by atoms with Crippen molar-refractivity contribution in [1.29, 1.82) is 0 Å². The lowest BCUT2D eigenvalue weighted by Crippen LogP contribution is -2.28. The molecule has 24 heavy (non-hydrogen) atoms. The molecule has 1 unspecified atom stereocenters. The molecular weight excluding hydrogens is 304 g/mol. The second kappa shape index (κ2) is 5.89. The van der Waals surface area contributed by atoms with Crippen molar-refractivity contribution in [2.45, 2.75) is 32.2 Å². The largest absolute Gasteiger partial charge is 0.354 e. The zero-order valence-corrected chi connectivity index (χ0v) is 14.1. The van der Waals surface area contributed by atoms with Gasteiger partial charge in [-0.2, -0.15) is 5.10 Å². The summed E-state index contributed by atoms with van der Waals surface area (Å²) in [6.45, 7) is 3.58. The van der Waals surface area contributed by atoms with Crippen LogP contribution in [0.3, 0.4) is 0 Å². The molecule has 1 saturated heterocycles. The first kappa shape index (κ1) is 15.1. The number of carbonyl (C=O) groups is 1. The third-order valence-corrected chi connectivity index (χ3v) is 4.73. The standard InChI is InChI=1S/C17H22N6O/c1-11-6-18-17(21-16(11)13-8-20-22(2)10-13)19-7-12-5-15(24)23(9-12)14-3-4-14/h6,8,10,12,14H,3-5,7,9H2,1-2H3,(H,18,19,21). The molecule has 1 saturated carbocycles. The van der Waals surface area contributed by atoms with E-state index in [0.29, 0.717) is 30.2 Å². The summed E-state index contributed by atoms with van der Waals surface area (Å²) in [6, 6.07) is 0.510. The van der Waals surface area contributed by atoms with Crippen molar-refractivity contribution in [3.8, 4) is 11.3 Å². The summed E-state index contributed by atoms with van der Waals surface area (Å²) in [4.78, 5) is 23.1. The van der Waals surface area contributed by atoms with Crippen molar-refractivity contribution in [3.63, 3.8) is 0 Å². The van der Waals surface area contributed by atoms with Crippen molar-refractivity contribution in [2.75, 3.05) is 18.4 Å². The van der Waals surface area contributed by atoms with Gasteiger partial charge in [0.25, 0.3) is 0 Å². The molecule has 7 heteroatoms. The van der Waals surface area contributed by atoms with Crippen LogP contribution in [0, 0.1) is 12.8 Å². The van der Waals surface area contributed by atoms with Crippen molar-refractivity contribution >= 4 is 11.9 Å². The maximum absolute atomic E-state index is 12.0. The molecule has 4 rings (SSSR count). The molecular formula is C17H22N6O. The summed E-state index contributed by atoms with van der Waals surface area (Å²) in [7, 11) is 1.89. The number of aryl methyl sites for hydroxylation is 2. The smallest absolute Gasteiger partial charge is 0.223 e. The molecule has 126 valence electrons. The van der Waals surface area contributed by atoms with E-state index in [9.17, 15) is 4.79 Å². The van der Waals surface area contributed by atoms with Crippen LogP contribution in [-0.2, 0) is 11.8 Å². The minimum Gasteiger partial charge on any atom is -0.354 e. The first-order valence-corrected chi connectivity index (χ1v) is 8.46. The van der Waals surface area contributed by atoms with Gasteiger partial charge in [-0.15, -0.1) is 0 Å². The van der Waals surface area contributed by atoms with Gasteiger partial charge in [0.05, 0.1) is 11.9 Å². The van der Waals surface area contributed by atoms with Crippen LogP contribution < -0.4 is 5.32 Å². The second-order valence-corrected chi connectivity index (χ2v) is 6.86. The van der Waals surface area contributed by atoms with Gasteiger partial charge in [-0.05, 0) is 25.3 Å². The number of likely N-dealkylation sites (tertiary alicyclic amines) is 1. The summed E-state index contributed by atoms with van der Waals surface area (Å²) in [5.41, 5.74) is 2.89. The van der Waals surface area contributed by atoms with Gasteiger partial charge in [-0.3, -0.25) is 9.48 Å². The predicted octanol–water partition coefficient (Wildman–Crippen LogP) is 1.61. The highest BCUT2D eigenvalue weighted by Gasteiger charge is 2.39. The number of anilines is 1. The Bertz CT molecular complexity index is 766. The quantitative estimate of drug-likeness (QED) is 0.903. The van der Waals surface area contributed by atoms with Gasteiger partial charge < -0.3 is 10.2 Å². The Labute approximate surface area is 141 Å². The van der Waals surface area contributed by atoms with Crippen molar-refractivity contribution < 1.29 is 4.79 Å². The third kappa shape index (κ3) is 2.98. The molecule has 7 nitrogen and oxygen atoms in total. The summed E-state index contributed by atoms with van der Waals surface area (Å²) in [5.74, 6) is 1.24. The Morgan fingerprint density at radius 3 is 2.88 bits per heavy atom. The molecule has 0 radical (unpaired) electrons. The second-order valence-electron chi connectivity index (χ2n) is 6.86. The SMILES string of the molecule is Cc1cnc(NCC2CC(=O)N(C3CC3)C2)nc1-c1cnn(C)c1. The van der Waals surface area contributed by atoms with Crippen LogP contribution in [0.5, 0.6) is 0 Å². The maximum atomic E-state index is 12.0. The fourth-order valence-corrected chi connectivity index (χ4v) is 3.28. The highest BCUT2D eigenvalue weighted by molar-refractivity contribution is 5.79. The molecule has 0 aromatic carbocycles. The van der Waals surface area contributed by atoms with Crippen LogP contribution in [0.4, 0.5) is 5.95 Å². The Morgan fingerprint density at radius 1 is 1.33 bits per heavy atom. The van der Waals surface area contributed by atoms with E-state index in [1.54, 1.807) is 4.68 Å². The summed E-state index contributed by atoms with van der Waals surface area (Å²) >= 11 is 0. The molecule has 1 N–H and O–H groups in total. The number of nitrogens with zero attached hydrogens (tertiary/aromatic N) is 5. The Hall–Kier alpha value is -2.44. The van der Waals surface area contributed by atoms with E-state index in [4.69, 9.17) is 0 Å². The zero-order chi connectivity index (χ0) is 16.7. The van der Waals surface area contributed by atoms with Gasteiger partial charge in [-0.25, -0.2) is 9.97 Å². The number of nitrogens with one attached hydrogen (secondary N) is 1. The van der Waals surface area contributed by atoms with Crippen molar-refractivity contribution in [2.24, 2.45) is 13.0 Å². The summed E-state index contributed by atoms with van der Waals surface area (Å²) < 4.78 is 1.76. The number of hydrogen-bond acceptors (Lipinski definition) is 5. The highest BCUT2D eigenvalue weighted by Crippen LogP contribution is 2.32. The first-order valence-electron chi connectivity index (χ1n) is 8.46. The summed E-state index contributed by atoms with van der Waals surface area (Å²) in [6.07, 6.45) is 8.55. The third-order valence-electron chi connectivity index (χ3n) is 4.73. The zero-order valence-electron chi connectivity index (χ0n) is 14.1. The lowest BCUT2D eigenvalue weighted by molar-refractivity contribution is -0.128. The number of amides is 1. The first-order chi connectivity index (χ1) is 11.6. The number of hydrogen-bond donors (Lipinski definition) is 1. The van der Waals surface area contributed by atoms with Gasteiger partial charge >= 0.3 is 0 Å². The minimum absolute atomic E-state index is 0.296. The average Bonchev–Trinajstić information content (AvgIpc) is 3.21. The van der Waals surface area contributed by atoms with Gasteiger partial charge in [-0.1, -0.05) is 0 Å². The fraction of sp³-hybridized carbons (Fsp3) is 0.529. The Morgan fingerprint density at radius 2 is 2.17 bits per heavy atom. The van der Waals surface area contributed by atoms with Gasteiger partial charge in [0.1, 0.15) is 0 Å². The molecule has 1 aliphatic heterocycles. The van der Waals surface area contributed by atoms with E-state index < -0.39 is 0 Å². The molecule has 2 aromatic rings. The predicted molar refractivity (Wildman–Crippen MR) is 90.3 cm³/mol. The lowest BCUT2D eigenvalue weighted by Gasteiger charge is -2.15.